The van der Waals surface area contributed by atoms with Crippen molar-refractivity contribution >= 4 is 23.2 Å². The molecule has 0 saturated carbocycles. The maximum absolute atomic E-state index is 13.4. The van der Waals surface area contributed by atoms with E-state index < -0.39 is 0 Å². The molecule has 0 spiro atoms. The summed E-state index contributed by atoms with van der Waals surface area (Å²) >= 11 is 6.41. The fourth-order valence-electron chi connectivity index (χ4n) is 4.61. The molecule has 4 nitrogen and oxygen atoms in total. The summed E-state index contributed by atoms with van der Waals surface area (Å²) in [5.74, 6) is 0.421. The predicted octanol–water partition coefficient (Wildman–Crippen LogP) is 5.83. The zero-order valence-electron chi connectivity index (χ0n) is 18.4. The Morgan fingerprint density at radius 1 is 1.03 bits per heavy atom. The summed E-state index contributed by atoms with van der Waals surface area (Å²) in [7, 11) is 0. The number of fused-ring (bicyclic) bond motifs is 1. The van der Waals surface area contributed by atoms with Gasteiger partial charge in [-0.3, -0.25) is 4.79 Å². The molecule has 1 saturated heterocycles. The van der Waals surface area contributed by atoms with Crippen LogP contribution in [0.3, 0.4) is 0 Å². The van der Waals surface area contributed by atoms with Gasteiger partial charge in [-0.2, -0.15) is 0 Å². The Hall–Kier alpha value is -3.11. The predicted molar refractivity (Wildman–Crippen MR) is 129 cm³/mol. The lowest BCUT2D eigenvalue weighted by Gasteiger charge is -2.18. The Morgan fingerprint density at radius 2 is 1.78 bits per heavy atom. The number of aromatic nitrogens is 2. The Balaban J connectivity index is 1.45. The molecule has 4 aromatic rings. The average Bonchev–Trinajstić information content (AvgIpc) is 3.40. The Bertz CT molecular complexity index is 1290. The summed E-state index contributed by atoms with van der Waals surface area (Å²) in [5.41, 5.74) is 7.20. The Labute approximate surface area is 193 Å². The minimum atomic E-state index is 0.135. The molecule has 1 unspecified atom stereocenters. The van der Waals surface area contributed by atoms with Crippen LogP contribution in [0.5, 0.6) is 0 Å². The summed E-state index contributed by atoms with van der Waals surface area (Å²) in [6.45, 7) is 5.60. The zero-order chi connectivity index (χ0) is 22.2. The maximum atomic E-state index is 13.4. The van der Waals surface area contributed by atoms with Gasteiger partial charge in [0.05, 0.1) is 17.8 Å². The molecule has 1 amide bonds. The second-order valence-corrected chi connectivity index (χ2v) is 9.14. The fourth-order valence-corrected chi connectivity index (χ4v) is 4.90. The van der Waals surface area contributed by atoms with Crippen LogP contribution in [0.25, 0.3) is 16.9 Å². The van der Waals surface area contributed by atoms with Gasteiger partial charge in [0, 0.05) is 35.8 Å². The summed E-state index contributed by atoms with van der Waals surface area (Å²) < 4.78 is 2.07. The van der Waals surface area contributed by atoms with Gasteiger partial charge >= 0.3 is 0 Å². The van der Waals surface area contributed by atoms with E-state index in [-0.39, 0.29) is 11.8 Å². The van der Waals surface area contributed by atoms with Gasteiger partial charge in [0.25, 0.3) is 0 Å². The highest BCUT2D eigenvalue weighted by molar-refractivity contribution is 6.31. The van der Waals surface area contributed by atoms with E-state index in [0.29, 0.717) is 13.0 Å². The highest BCUT2D eigenvalue weighted by Crippen LogP contribution is 2.33. The molecule has 162 valence electrons. The second kappa shape index (κ2) is 8.44. The van der Waals surface area contributed by atoms with Crippen molar-refractivity contribution in [1.29, 1.82) is 0 Å². The number of carbonyl (C=O) groups excluding carboxylic acids is 1. The van der Waals surface area contributed by atoms with E-state index in [0.717, 1.165) is 51.7 Å². The molecule has 1 atom stereocenters. The SMILES string of the molecule is Cc1ccc(-c2nc3ccc(C)cn3c2CC(=O)N2CCC(c3ccccc3Cl)C2)cc1. The third-order valence-electron chi connectivity index (χ3n) is 6.40. The minimum absolute atomic E-state index is 0.135. The van der Waals surface area contributed by atoms with Crippen molar-refractivity contribution in [3.63, 3.8) is 0 Å². The molecule has 0 N–H and O–H groups in total. The van der Waals surface area contributed by atoms with Crippen molar-refractivity contribution in [2.75, 3.05) is 13.1 Å². The molecule has 1 fully saturated rings. The first-order chi connectivity index (χ1) is 15.5. The second-order valence-electron chi connectivity index (χ2n) is 8.73. The molecule has 1 aliphatic heterocycles. The third-order valence-corrected chi connectivity index (χ3v) is 6.74. The summed E-state index contributed by atoms with van der Waals surface area (Å²) in [6.07, 6.45) is 3.33. The molecule has 0 bridgehead atoms. The number of pyridine rings is 1. The standard InChI is InChI=1S/C27H26ClN3O/c1-18-7-10-20(11-8-18)27-24(31-16-19(2)9-12-25(31)29-27)15-26(32)30-14-13-21(17-30)22-5-3-4-6-23(22)28/h3-12,16,21H,13-15,17H2,1-2H3. The third kappa shape index (κ3) is 3.91. The van der Waals surface area contributed by atoms with Crippen molar-refractivity contribution in [3.05, 3.63) is 94.3 Å². The van der Waals surface area contributed by atoms with E-state index in [2.05, 4.69) is 60.8 Å². The summed E-state index contributed by atoms with van der Waals surface area (Å²) in [5, 5.41) is 0.783. The fraction of sp³-hybridized carbons (Fsp3) is 0.259. The molecule has 0 aliphatic carbocycles. The van der Waals surface area contributed by atoms with Crippen LogP contribution in [-0.4, -0.2) is 33.3 Å². The molecule has 3 heterocycles. The van der Waals surface area contributed by atoms with Gasteiger partial charge in [0.1, 0.15) is 5.65 Å². The lowest BCUT2D eigenvalue weighted by Crippen LogP contribution is -2.30. The molecule has 2 aromatic carbocycles. The van der Waals surface area contributed by atoms with E-state index in [1.165, 1.54) is 5.56 Å². The molecule has 5 rings (SSSR count). The number of hydrogen-bond acceptors (Lipinski definition) is 2. The van der Waals surface area contributed by atoms with Gasteiger partial charge in [-0.25, -0.2) is 4.98 Å². The number of halogens is 1. The first-order valence-electron chi connectivity index (χ1n) is 11.1. The van der Waals surface area contributed by atoms with Crippen LogP contribution < -0.4 is 0 Å². The number of imidazole rings is 1. The van der Waals surface area contributed by atoms with Crippen molar-refractivity contribution in [2.45, 2.75) is 32.6 Å². The van der Waals surface area contributed by atoms with Gasteiger partial charge in [-0.1, -0.05) is 65.7 Å². The number of rotatable bonds is 4. The number of amides is 1. The number of benzene rings is 2. The van der Waals surface area contributed by atoms with Crippen molar-refractivity contribution in [2.24, 2.45) is 0 Å². The van der Waals surface area contributed by atoms with Crippen LogP contribution >= 0.6 is 11.6 Å². The smallest absolute Gasteiger partial charge is 0.228 e. The van der Waals surface area contributed by atoms with Crippen molar-refractivity contribution in [1.82, 2.24) is 14.3 Å². The van der Waals surface area contributed by atoms with Gasteiger partial charge in [-0.15, -0.1) is 0 Å². The lowest BCUT2D eigenvalue weighted by atomic mass is 9.98. The van der Waals surface area contributed by atoms with Crippen LogP contribution in [0.1, 0.15) is 34.7 Å². The Kier molecular flexibility index (Phi) is 5.48. The molecule has 5 heteroatoms. The number of aryl methyl sites for hydroxylation is 2. The number of hydrogen-bond donors (Lipinski definition) is 0. The molecule has 1 aliphatic rings. The van der Waals surface area contributed by atoms with Crippen LogP contribution in [0, 0.1) is 13.8 Å². The number of nitrogens with zero attached hydrogens (tertiary/aromatic N) is 3. The van der Waals surface area contributed by atoms with Gasteiger partial charge in [-0.05, 0) is 43.5 Å². The maximum Gasteiger partial charge on any atom is 0.228 e. The average molecular weight is 444 g/mol. The van der Waals surface area contributed by atoms with E-state index in [4.69, 9.17) is 16.6 Å². The molecular formula is C27H26ClN3O. The summed E-state index contributed by atoms with van der Waals surface area (Å²) in [6, 6.07) is 20.4. The van der Waals surface area contributed by atoms with Crippen LogP contribution in [0.4, 0.5) is 0 Å². The molecule has 2 aromatic heterocycles. The molecule has 32 heavy (non-hydrogen) atoms. The molecular weight excluding hydrogens is 418 g/mol. The highest BCUT2D eigenvalue weighted by atomic mass is 35.5. The monoisotopic (exact) mass is 443 g/mol. The first-order valence-corrected chi connectivity index (χ1v) is 11.4. The largest absolute Gasteiger partial charge is 0.342 e. The highest BCUT2D eigenvalue weighted by Gasteiger charge is 2.29. The van der Waals surface area contributed by atoms with Crippen LogP contribution in [0.15, 0.2) is 66.9 Å². The van der Waals surface area contributed by atoms with E-state index in [1.54, 1.807) is 0 Å². The normalized spacial score (nSPS) is 16.1. The summed E-state index contributed by atoms with van der Waals surface area (Å²) in [4.78, 5) is 20.2. The number of likely N-dealkylation sites (tertiary alicyclic amines) is 1. The number of carbonyl (C=O) groups is 1. The van der Waals surface area contributed by atoms with E-state index in [1.807, 2.05) is 29.2 Å². The zero-order valence-corrected chi connectivity index (χ0v) is 19.1. The van der Waals surface area contributed by atoms with Gasteiger partial charge in [0.15, 0.2) is 0 Å². The van der Waals surface area contributed by atoms with Gasteiger partial charge < -0.3 is 9.30 Å². The quantitative estimate of drug-likeness (QED) is 0.398. The minimum Gasteiger partial charge on any atom is -0.342 e. The van der Waals surface area contributed by atoms with Crippen molar-refractivity contribution in [3.8, 4) is 11.3 Å². The van der Waals surface area contributed by atoms with Crippen LogP contribution in [0.2, 0.25) is 5.02 Å². The van der Waals surface area contributed by atoms with Crippen molar-refractivity contribution < 1.29 is 4.79 Å². The topological polar surface area (TPSA) is 37.6 Å². The van der Waals surface area contributed by atoms with Gasteiger partial charge in [0.2, 0.25) is 5.91 Å². The van der Waals surface area contributed by atoms with E-state index in [9.17, 15) is 4.79 Å². The lowest BCUT2D eigenvalue weighted by molar-refractivity contribution is -0.129. The Morgan fingerprint density at radius 3 is 2.56 bits per heavy atom. The van der Waals surface area contributed by atoms with E-state index >= 15 is 0 Å². The first kappa shape index (κ1) is 20.8. The van der Waals surface area contributed by atoms with Crippen LogP contribution in [-0.2, 0) is 11.2 Å². The molecule has 0 radical (unpaired) electrons.